The van der Waals surface area contributed by atoms with E-state index < -0.39 is 0 Å². The van der Waals surface area contributed by atoms with Crippen molar-refractivity contribution in [1.29, 1.82) is 0 Å². The van der Waals surface area contributed by atoms with Gasteiger partial charge < -0.3 is 9.84 Å². The van der Waals surface area contributed by atoms with Gasteiger partial charge in [-0.1, -0.05) is 5.16 Å². The molecule has 1 N–H and O–H groups in total. The second kappa shape index (κ2) is 5.32. The topological polar surface area (TPSA) is 51.0 Å². The van der Waals surface area contributed by atoms with Crippen molar-refractivity contribution in [3.8, 4) is 0 Å². The summed E-state index contributed by atoms with van der Waals surface area (Å²) in [7, 11) is 0. The van der Waals surface area contributed by atoms with E-state index in [1.165, 1.54) is 12.8 Å². The van der Waals surface area contributed by atoms with Crippen LogP contribution in [0.5, 0.6) is 0 Å². The molecule has 1 aliphatic rings. The van der Waals surface area contributed by atoms with E-state index in [0.29, 0.717) is 5.89 Å². The molecule has 1 aliphatic heterocycles. The quantitative estimate of drug-likeness (QED) is 0.813. The number of halogens is 1. The van der Waals surface area contributed by atoms with Crippen LogP contribution in [0.25, 0.3) is 0 Å². The highest BCUT2D eigenvalue weighted by Crippen LogP contribution is 2.15. The van der Waals surface area contributed by atoms with Gasteiger partial charge in [0, 0.05) is 13.3 Å². The third-order valence-corrected chi connectivity index (χ3v) is 2.50. The molecular formula is C9H16ClN3O. The number of hydrogen-bond acceptors (Lipinski definition) is 4. The molecular weight excluding hydrogens is 202 g/mol. The molecule has 0 aromatic carbocycles. The van der Waals surface area contributed by atoms with Crippen LogP contribution in [0.2, 0.25) is 0 Å². The van der Waals surface area contributed by atoms with Crippen LogP contribution in [0, 0.1) is 12.8 Å². The minimum absolute atomic E-state index is 0. The fraction of sp³-hybridized carbons (Fsp3) is 0.778. The first-order valence-corrected chi connectivity index (χ1v) is 4.84. The number of piperidine rings is 1. The minimum atomic E-state index is 0. The number of nitrogens with one attached hydrogen (secondary N) is 1. The standard InChI is InChI=1S/C9H15N3O.ClH/c1-7-11-9(12-13-7)6-8-2-4-10-5-3-8;/h8,10H,2-6H2,1H3;1H. The summed E-state index contributed by atoms with van der Waals surface area (Å²) in [5.41, 5.74) is 0. The van der Waals surface area contributed by atoms with Crippen LogP contribution in [0.1, 0.15) is 24.6 Å². The summed E-state index contributed by atoms with van der Waals surface area (Å²) in [4.78, 5) is 4.21. The van der Waals surface area contributed by atoms with Gasteiger partial charge in [0.05, 0.1) is 0 Å². The molecule has 1 fully saturated rings. The van der Waals surface area contributed by atoms with Gasteiger partial charge >= 0.3 is 0 Å². The Bertz CT molecular complexity index is 271. The fourth-order valence-corrected chi connectivity index (χ4v) is 1.77. The molecule has 0 spiro atoms. The molecule has 0 radical (unpaired) electrons. The lowest BCUT2D eigenvalue weighted by molar-refractivity contribution is 0.351. The molecule has 0 aliphatic carbocycles. The van der Waals surface area contributed by atoms with Gasteiger partial charge in [0.2, 0.25) is 5.89 Å². The van der Waals surface area contributed by atoms with Crippen molar-refractivity contribution >= 4 is 12.4 Å². The van der Waals surface area contributed by atoms with Gasteiger partial charge in [-0.25, -0.2) is 0 Å². The predicted octanol–water partition coefficient (Wildman–Crippen LogP) is 1.34. The Morgan fingerprint density at radius 3 is 2.71 bits per heavy atom. The summed E-state index contributed by atoms with van der Waals surface area (Å²) < 4.78 is 4.93. The Morgan fingerprint density at radius 2 is 2.14 bits per heavy atom. The summed E-state index contributed by atoms with van der Waals surface area (Å²) >= 11 is 0. The molecule has 0 saturated carbocycles. The monoisotopic (exact) mass is 217 g/mol. The smallest absolute Gasteiger partial charge is 0.223 e. The molecule has 1 saturated heterocycles. The lowest BCUT2D eigenvalue weighted by atomic mass is 9.94. The molecule has 14 heavy (non-hydrogen) atoms. The maximum atomic E-state index is 4.93. The molecule has 0 unspecified atom stereocenters. The van der Waals surface area contributed by atoms with Crippen LogP contribution < -0.4 is 5.32 Å². The van der Waals surface area contributed by atoms with Crippen LogP contribution in [0.15, 0.2) is 4.52 Å². The Hall–Kier alpha value is -0.610. The van der Waals surface area contributed by atoms with E-state index in [4.69, 9.17) is 4.52 Å². The van der Waals surface area contributed by atoms with Crippen LogP contribution in [-0.2, 0) is 6.42 Å². The van der Waals surface area contributed by atoms with Crippen molar-refractivity contribution in [2.24, 2.45) is 5.92 Å². The first kappa shape index (κ1) is 11.5. The van der Waals surface area contributed by atoms with E-state index in [0.717, 1.165) is 31.3 Å². The summed E-state index contributed by atoms with van der Waals surface area (Å²) in [6.07, 6.45) is 3.43. The summed E-state index contributed by atoms with van der Waals surface area (Å²) in [5, 5.41) is 7.24. The summed E-state index contributed by atoms with van der Waals surface area (Å²) in [6.45, 7) is 4.09. The molecule has 0 atom stereocenters. The molecule has 2 rings (SSSR count). The van der Waals surface area contributed by atoms with E-state index >= 15 is 0 Å². The molecule has 2 heterocycles. The van der Waals surface area contributed by atoms with Crippen LogP contribution in [0.4, 0.5) is 0 Å². The SMILES string of the molecule is Cc1nc(CC2CCNCC2)no1.Cl. The Labute approximate surface area is 89.9 Å². The highest BCUT2D eigenvalue weighted by atomic mass is 35.5. The normalized spacial score (nSPS) is 17.8. The maximum absolute atomic E-state index is 4.93. The third kappa shape index (κ3) is 2.96. The molecule has 1 aromatic heterocycles. The maximum Gasteiger partial charge on any atom is 0.223 e. The minimum Gasteiger partial charge on any atom is -0.340 e. The zero-order chi connectivity index (χ0) is 9.10. The van der Waals surface area contributed by atoms with E-state index in [2.05, 4.69) is 15.5 Å². The van der Waals surface area contributed by atoms with E-state index in [9.17, 15) is 0 Å². The molecule has 5 heteroatoms. The van der Waals surface area contributed by atoms with Gasteiger partial charge in [0.15, 0.2) is 5.82 Å². The number of aryl methyl sites for hydroxylation is 1. The average Bonchev–Trinajstić information content (AvgIpc) is 2.53. The molecule has 4 nitrogen and oxygen atoms in total. The number of nitrogens with zero attached hydrogens (tertiary/aromatic N) is 2. The van der Waals surface area contributed by atoms with Gasteiger partial charge in [-0.05, 0) is 31.8 Å². The van der Waals surface area contributed by atoms with Crippen molar-refractivity contribution in [1.82, 2.24) is 15.5 Å². The van der Waals surface area contributed by atoms with Crippen molar-refractivity contribution < 1.29 is 4.52 Å². The zero-order valence-electron chi connectivity index (χ0n) is 8.32. The molecule has 1 aromatic rings. The molecule has 0 amide bonds. The highest BCUT2D eigenvalue weighted by Gasteiger charge is 2.15. The van der Waals surface area contributed by atoms with E-state index in [1.54, 1.807) is 0 Å². The first-order valence-electron chi connectivity index (χ1n) is 4.84. The third-order valence-electron chi connectivity index (χ3n) is 2.50. The lowest BCUT2D eigenvalue weighted by Crippen LogP contribution is -2.28. The van der Waals surface area contributed by atoms with Gasteiger partial charge in [0.1, 0.15) is 0 Å². The van der Waals surface area contributed by atoms with Crippen molar-refractivity contribution in [2.75, 3.05) is 13.1 Å². The van der Waals surface area contributed by atoms with Gasteiger partial charge in [-0.3, -0.25) is 0 Å². The number of rotatable bonds is 2. The van der Waals surface area contributed by atoms with Crippen molar-refractivity contribution in [2.45, 2.75) is 26.2 Å². The molecule has 0 bridgehead atoms. The second-order valence-corrected chi connectivity index (χ2v) is 3.63. The fourth-order valence-electron chi connectivity index (χ4n) is 1.77. The number of hydrogen-bond donors (Lipinski definition) is 1. The molecule has 80 valence electrons. The second-order valence-electron chi connectivity index (χ2n) is 3.63. The predicted molar refractivity (Wildman–Crippen MR) is 55.6 cm³/mol. The van der Waals surface area contributed by atoms with E-state index in [-0.39, 0.29) is 12.4 Å². The van der Waals surface area contributed by atoms with Crippen LogP contribution >= 0.6 is 12.4 Å². The Balaban J connectivity index is 0.000000980. The Morgan fingerprint density at radius 1 is 1.43 bits per heavy atom. The highest BCUT2D eigenvalue weighted by molar-refractivity contribution is 5.85. The first-order chi connectivity index (χ1) is 6.34. The number of aromatic nitrogens is 2. The van der Waals surface area contributed by atoms with Gasteiger partial charge in [-0.2, -0.15) is 4.98 Å². The summed E-state index contributed by atoms with van der Waals surface area (Å²) in [5.74, 6) is 2.27. The van der Waals surface area contributed by atoms with Crippen molar-refractivity contribution in [3.63, 3.8) is 0 Å². The zero-order valence-corrected chi connectivity index (χ0v) is 9.14. The summed E-state index contributed by atoms with van der Waals surface area (Å²) in [6, 6.07) is 0. The largest absolute Gasteiger partial charge is 0.340 e. The van der Waals surface area contributed by atoms with Crippen LogP contribution in [0.3, 0.4) is 0 Å². The van der Waals surface area contributed by atoms with E-state index in [1.807, 2.05) is 6.92 Å². The van der Waals surface area contributed by atoms with Gasteiger partial charge in [0.25, 0.3) is 0 Å². The average molecular weight is 218 g/mol. The van der Waals surface area contributed by atoms with Gasteiger partial charge in [-0.15, -0.1) is 12.4 Å². The lowest BCUT2D eigenvalue weighted by Gasteiger charge is -2.20. The van der Waals surface area contributed by atoms with Crippen LogP contribution in [-0.4, -0.2) is 23.2 Å². The van der Waals surface area contributed by atoms with Crippen molar-refractivity contribution in [3.05, 3.63) is 11.7 Å². The Kier molecular flexibility index (Phi) is 4.35.